The van der Waals surface area contributed by atoms with E-state index < -0.39 is 17.2 Å². The molecule has 0 bridgehead atoms. The molecule has 1 aromatic carbocycles. The van der Waals surface area contributed by atoms with Gasteiger partial charge in [-0.05, 0) is 44.4 Å². The molecule has 0 aliphatic carbocycles. The van der Waals surface area contributed by atoms with E-state index in [-0.39, 0.29) is 11.7 Å². The summed E-state index contributed by atoms with van der Waals surface area (Å²) in [6.45, 7) is 7.22. The number of halogens is 2. The van der Waals surface area contributed by atoms with Crippen LogP contribution in [-0.4, -0.2) is 31.3 Å². The van der Waals surface area contributed by atoms with Crippen LogP contribution in [0, 0.1) is 11.6 Å². The van der Waals surface area contributed by atoms with Gasteiger partial charge in [0.15, 0.2) is 0 Å². The van der Waals surface area contributed by atoms with Gasteiger partial charge < -0.3 is 15.4 Å². The molecular weight excluding hydrogens is 274 g/mol. The van der Waals surface area contributed by atoms with E-state index in [0.29, 0.717) is 31.7 Å². The fourth-order valence-corrected chi connectivity index (χ4v) is 2.71. The highest BCUT2D eigenvalue weighted by atomic mass is 19.1. The summed E-state index contributed by atoms with van der Waals surface area (Å²) in [5.41, 5.74) is 6.07. The molecular formula is C16H24F2N2O. The lowest BCUT2D eigenvalue weighted by atomic mass is 9.99. The van der Waals surface area contributed by atoms with E-state index in [0.717, 1.165) is 6.42 Å². The van der Waals surface area contributed by atoms with Gasteiger partial charge in [0.05, 0.1) is 18.8 Å². The number of anilines is 1. The second-order valence-electron chi connectivity index (χ2n) is 6.30. The van der Waals surface area contributed by atoms with Gasteiger partial charge in [0.25, 0.3) is 0 Å². The largest absolute Gasteiger partial charge is 0.377 e. The molecule has 21 heavy (non-hydrogen) atoms. The summed E-state index contributed by atoms with van der Waals surface area (Å²) in [5, 5.41) is 0. The van der Waals surface area contributed by atoms with E-state index >= 15 is 0 Å². The third-order valence-corrected chi connectivity index (χ3v) is 4.01. The van der Waals surface area contributed by atoms with Crippen molar-refractivity contribution in [2.24, 2.45) is 5.73 Å². The highest BCUT2D eigenvalue weighted by Crippen LogP contribution is 2.32. The topological polar surface area (TPSA) is 38.5 Å². The van der Waals surface area contributed by atoms with E-state index in [4.69, 9.17) is 10.5 Å². The lowest BCUT2D eigenvalue weighted by Crippen LogP contribution is -2.53. The summed E-state index contributed by atoms with van der Waals surface area (Å²) in [6.07, 6.45) is 1.26. The summed E-state index contributed by atoms with van der Waals surface area (Å²) >= 11 is 0. The number of nitrogens with zero attached hydrogens (tertiary/aromatic N) is 1. The average molecular weight is 298 g/mol. The lowest BCUT2D eigenvalue weighted by Gasteiger charge is -2.44. The normalized spacial score (nSPS) is 19.6. The Morgan fingerprint density at radius 1 is 1.33 bits per heavy atom. The molecule has 118 valence electrons. The fourth-order valence-electron chi connectivity index (χ4n) is 2.71. The van der Waals surface area contributed by atoms with E-state index in [1.165, 1.54) is 12.1 Å². The number of nitrogens with two attached hydrogens (primary N) is 1. The van der Waals surface area contributed by atoms with Gasteiger partial charge in [-0.15, -0.1) is 0 Å². The smallest absolute Gasteiger partial charge is 0.149 e. The summed E-state index contributed by atoms with van der Waals surface area (Å²) < 4.78 is 34.3. The zero-order valence-electron chi connectivity index (χ0n) is 13.0. The first-order valence-electron chi connectivity index (χ1n) is 7.44. The Morgan fingerprint density at radius 2 is 1.95 bits per heavy atom. The Hall–Kier alpha value is -1.20. The molecule has 1 aromatic rings. The van der Waals surface area contributed by atoms with Crippen molar-refractivity contribution in [2.45, 2.75) is 45.2 Å². The van der Waals surface area contributed by atoms with Crippen LogP contribution in [0.3, 0.4) is 0 Å². The molecule has 2 rings (SSSR count). The zero-order chi connectivity index (χ0) is 15.6. The number of morpholine rings is 1. The minimum Gasteiger partial charge on any atom is -0.377 e. The third-order valence-electron chi connectivity index (χ3n) is 4.01. The van der Waals surface area contributed by atoms with Crippen LogP contribution in [-0.2, 0) is 11.2 Å². The quantitative estimate of drug-likeness (QED) is 0.929. The molecule has 3 nitrogen and oxygen atoms in total. The van der Waals surface area contributed by atoms with Crippen molar-refractivity contribution in [2.75, 3.05) is 24.7 Å². The molecule has 1 unspecified atom stereocenters. The van der Waals surface area contributed by atoms with Crippen LogP contribution >= 0.6 is 0 Å². The first-order valence-corrected chi connectivity index (χ1v) is 7.44. The van der Waals surface area contributed by atoms with Gasteiger partial charge in [-0.3, -0.25) is 0 Å². The van der Waals surface area contributed by atoms with Gasteiger partial charge in [0, 0.05) is 12.6 Å². The second-order valence-corrected chi connectivity index (χ2v) is 6.30. The van der Waals surface area contributed by atoms with Crippen molar-refractivity contribution < 1.29 is 13.5 Å². The Kier molecular flexibility index (Phi) is 4.84. The van der Waals surface area contributed by atoms with E-state index in [2.05, 4.69) is 0 Å². The maximum atomic E-state index is 14.4. The standard InChI is InChI=1S/C16H24F2N2O/c1-4-12(19)7-11-8-13(17)15(14(18)9-11)20-5-6-21-10-16(20,2)3/h8-9,12H,4-7,10,19H2,1-3H3. The van der Waals surface area contributed by atoms with Crippen LogP contribution in [0.2, 0.25) is 0 Å². The first-order chi connectivity index (χ1) is 9.85. The minimum atomic E-state index is -0.525. The Labute approximate surface area is 125 Å². The number of rotatable bonds is 4. The predicted molar refractivity (Wildman–Crippen MR) is 80.6 cm³/mol. The van der Waals surface area contributed by atoms with Crippen molar-refractivity contribution in [1.29, 1.82) is 0 Å². The van der Waals surface area contributed by atoms with Crippen LogP contribution in [0.15, 0.2) is 12.1 Å². The number of hydrogen-bond acceptors (Lipinski definition) is 3. The monoisotopic (exact) mass is 298 g/mol. The van der Waals surface area contributed by atoms with Gasteiger partial charge in [0.1, 0.15) is 17.3 Å². The molecule has 1 fully saturated rings. The highest BCUT2D eigenvalue weighted by molar-refractivity contribution is 5.53. The molecule has 0 amide bonds. The molecule has 1 heterocycles. The third kappa shape index (κ3) is 3.52. The molecule has 1 aliphatic heterocycles. The second kappa shape index (κ2) is 6.28. The van der Waals surface area contributed by atoms with E-state index in [1.807, 2.05) is 20.8 Å². The van der Waals surface area contributed by atoms with Crippen LogP contribution < -0.4 is 10.6 Å². The predicted octanol–water partition coefficient (Wildman–Crippen LogP) is 2.86. The van der Waals surface area contributed by atoms with Gasteiger partial charge in [-0.2, -0.15) is 0 Å². The summed E-state index contributed by atoms with van der Waals surface area (Å²) in [7, 11) is 0. The minimum absolute atomic E-state index is 0.0390. The average Bonchev–Trinajstić information content (AvgIpc) is 2.39. The van der Waals surface area contributed by atoms with Crippen molar-refractivity contribution in [3.8, 4) is 0 Å². The van der Waals surface area contributed by atoms with Crippen LogP contribution in [0.25, 0.3) is 0 Å². The molecule has 0 aromatic heterocycles. The number of benzene rings is 1. The first kappa shape index (κ1) is 16.2. The summed E-state index contributed by atoms with van der Waals surface area (Å²) in [5.74, 6) is -1.05. The van der Waals surface area contributed by atoms with Crippen molar-refractivity contribution >= 4 is 5.69 Å². The molecule has 1 saturated heterocycles. The zero-order valence-corrected chi connectivity index (χ0v) is 13.0. The SMILES string of the molecule is CCC(N)Cc1cc(F)c(N2CCOCC2(C)C)c(F)c1. The fraction of sp³-hybridized carbons (Fsp3) is 0.625. The maximum Gasteiger partial charge on any atom is 0.149 e. The summed E-state index contributed by atoms with van der Waals surface area (Å²) in [4.78, 5) is 1.75. The molecule has 5 heteroatoms. The van der Waals surface area contributed by atoms with E-state index in [1.54, 1.807) is 4.90 Å². The number of hydrogen-bond donors (Lipinski definition) is 1. The molecule has 0 radical (unpaired) electrons. The van der Waals surface area contributed by atoms with Crippen LogP contribution in [0.1, 0.15) is 32.8 Å². The lowest BCUT2D eigenvalue weighted by molar-refractivity contribution is 0.0635. The Balaban J connectivity index is 2.32. The Bertz CT molecular complexity index is 482. The molecule has 2 N–H and O–H groups in total. The molecule has 1 atom stereocenters. The maximum absolute atomic E-state index is 14.4. The molecule has 1 aliphatic rings. The van der Waals surface area contributed by atoms with Gasteiger partial charge in [-0.25, -0.2) is 8.78 Å². The summed E-state index contributed by atoms with van der Waals surface area (Å²) in [6, 6.07) is 2.73. The van der Waals surface area contributed by atoms with Crippen LogP contribution in [0.5, 0.6) is 0 Å². The Morgan fingerprint density at radius 3 is 2.48 bits per heavy atom. The van der Waals surface area contributed by atoms with Gasteiger partial charge >= 0.3 is 0 Å². The van der Waals surface area contributed by atoms with E-state index in [9.17, 15) is 8.78 Å². The van der Waals surface area contributed by atoms with Crippen molar-refractivity contribution in [3.05, 3.63) is 29.3 Å². The van der Waals surface area contributed by atoms with Gasteiger partial charge in [-0.1, -0.05) is 6.92 Å². The number of ether oxygens (including phenoxy) is 1. The van der Waals surface area contributed by atoms with Crippen molar-refractivity contribution in [1.82, 2.24) is 0 Å². The molecule has 0 saturated carbocycles. The highest BCUT2D eigenvalue weighted by Gasteiger charge is 2.34. The van der Waals surface area contributed by atoms with Crippen LogP contribution in [0.4, 0.5) is 14.5 Å². The van der Waals surface area contributed by atoms with Crippen molar-refractivity contribution in [3.63, 3.8) is 0 Å². The molecule has 0 spiro atoms. The van der Waals surface area contributed by atoms with Gasteiger partial charge in [0.2, 0.25) is 0 Å².